The third kappa shape index (κ3) is 2.58. The van der Waals surface area contributed by atoms with Gasteiger partial charge in [-0.25, -0.2) is 0 Å². The summed E-state index contributed by atoms with van der Waals surface area (Å²) < 4.78 is 5.52. The highest BCUT2D eigenvalue weighted by atomic mass is 32.1. The Kier molecular flexibility index (Phi) is 3.38. The lowest BCUT2D eigenvalue weighted by molar-refractivity contribution is 0.0714. The highest BCUT2D eigenvalue weighted by Gasteiger charge is 2.23. The van der Waals surface area contributed by atoms with Crippen LogP contribution in [0.15, 0.2) is 17.5 Å². The molecule has 0 radical (unpaired) electrons. The second-order valence-electron chi connectivity index (χ2n) is 3.79. The van der Waals surface area contributed by atoms with Crippen LogP contribution in [0.25, 0.3) is 0 Å². The molecule has 0 aromatic carbocycles. The average Bonchev–Trinajstić information content (AvgIpc) is 2.91. The Morgan fingerprint density at radius 2 is 2.60 bits per heavy atom. The van der Waals surface area contributed by atoms with Gasteiger partial charge in [0.25, 0.3) is 5.91 Å². The summed E-state index contributed by atoms with van der Waals surface area (Å²) in [5.74, 6) is 0.00741. The largest absolute Gasteiger partial charge is 0.376 e. The first kappa shape index (κ1) is 10.6. The van der Waals surface area contributed by atoms with Gasteiger partial charge in [0.05, 0.1) is 17.0 Å². The van der Waals surface area contributed by atoms with E-state index in [2.05, 4.69) is 5.32 Å². The van der Waals surface area contributed by atoms with Crippen LogP contribution in [-0.4, -0.2) is 24.7 Å². The Morgan fingerprint density at radius 1 is 1.73 bits per heavy atom. The molecule has 4 heteroatoms. The molecule has 0 saturated carbocycles. The zero-order chi connectivity index (χ0) is 10.7. The van der Waals surface area contributed by atoms with Crippen LogP contribution in [0.4, 0.5) is 0 Å². The van der Waals surface area contributed by atoms with Crippen LogP contribution in [0.5, 0.6) is 0 Å². The van der Waals surface area contributed by atoms with Crippen LogP contribution >= 0.6 is 11.3 Å². The van der Waals surface area contributed by atoms with E-state index in [1.54, 1.807) is 0 Å². The van der Waals surface area contributed by atoms with Crippen molar-refractivity contribution in [3.05, 3.63) is 22.4 Å². The number of carbonyl (C=O) groups excluding carboxylic acids is 1. The van der Waals surface area contributed by atoms with Crippen molar-refractivity contribution in [2.45, 2.75) is 31.9 Å². The first-order valence-corrected chi connectivity index (χ1v) is 6.11. The lowest BCUT2D eigenvalue weighted by atomic mass is 10.1. The molecular formula is C11H15NO2S. The number of nitrogens with one attached hydrogen (secondary N) is 1. The van der Waals surface area contributed by atoms with Gasteiger partial charge in [-0.3, -0.25) is 4.79 Å². The van der Waals surface area contributed by atoms with Crippen molar-refractivity contribution in [3.63, 3.8) is 0 Å². The monoisotopic (exact) mass is 225 g/mol. The highest BCUT2D eigenvalue weighted by molar-refractivity contribution is 7.12. The lowest BCUT2D eigenvalue weighted by Gasteiger charge is -2.19. The number of thiophene rings is 1. The summed E-state index contributed by atoms with van der Waals surface area (Å²) in [6.45, 7) is 2.82. The SMILES string of the molecule is C[C@H](NC(=O)c1cccs1)[C@@H]1CCCO1. The van der Waals surface area contributed by atoms with Gasteiger partial charge in [-0.15, -0.1) is 11.3 Å². The fourth-order valence-electron chi connectivity index (χ4n) is 1.78. The summed E-state index contributed by atoms with van der Waals surface area (Å²) in [4.78, 5) is 12.5. The maximum absolute atomic E-state index is 11.7. The molecular weight excluding hydrogens is 210 g/mol. The molecule has 1 N–H and O–H groups in total. The first-order chi connectivity index (χ1) is 7.27. The lowest BCUT2D eigenvalue weighted by Crippen LogP contribution is -2.40. The third-order valence-corrected chi connectivity index (χ3v) is 3.49. The molecule has 15 heavy (non-hydrogen) atoms. The van der Waals surface area contributed by atoms with Crippen molar-refractivity contribution in [2.75, 3.05) is 6.61 Å². The molecule has 0 unspecified atom stereocenters. The maximum atomic E-state index is 11.7. The summed E-state index contributed by atoms with van der Waals surface area (Å²) >= 11 is 1.46. The van der Waals surface area contributed by atoms with E-state index in [0.29, 0.717) is 0 Å². The Hall–Kier alpha value is -0.870. The minimum absolute atomic E-state index is 0.00741. The Morgan fingerprint density at radius 3 is 3.20 bits per heavy atom. The van der Waals surface area contributed by atoms with Gasteiger partial charge in [0.1, 0.15) is 0 Å². The predicted molar refractivity (Wildman–Crippen MR) is 60.2 cm³/mol. The Bertz CT molecular complexity index is 317. The van der Waals surface area contributed by atoms with E-state index in [-0.39, 0.29) is 18.1 Å². The first-order valence-electron chi connectivity index (χ1n) is 5.23. The van der Waals surface area contributed by atoms with Crippen molar-refractivity contribution in [3.8, 4) is 0 Å². The van der Waals surface area contributed by atoms with Gasteiger partial charge in [0, 0.05) is 6.61 Å². The van der Waals surface area contributed by atoms with E-state index in [4.69, 9.17) is 4.74 Å². The molecule has 0 bridgehead atoms. The second kappa shape index (κ2) is 4.77. The zero-order valence-corrected chi connectivity index (χ0v) is 9.55. The molecule has 1 aliphatic rings. The van der Waals surface area contributed by atoms with Gasteiger partial charge in [0.15, 0.2) is 0 Å². The fourth-order valence-corrected chi connectivity index (χ4v) is 2.40. The van der Waals surface area contributed by atoms with Gasteiger partial charge in [-0.2, -0.15) is 0 Å². The van der Waals surface area contributed by atoms with Crippen molar-refractivity contribution >= 4 is 17.2 Å². The maximum Gasteiger partial charge on any atom is 0.261 e. The minimum Gasteiger partial charge on any atom is -0.376 e. The molecule has 0 spiro atoms. The van der Waals surface area contributed by atoms with E-state index in [1.165, 1.54) is 11.3 Å². The van der Waals surface area contributed by atoms with Crippen LogP contribution in [0.1, 0.15) is 29.4 Å². The normalized spacial score (nSPS) is 22.6. The minimum atomic E-state index is 0.00741. The number of hydrogen-bond donors (Lipinski definition) is 1. The topological polar surface area (TPSA) is 38.3 Å². The van der Waals surface area contributed by atoms with Crippen molar-refractivity contribution in [1.82, 2.24) is 5.32 Å². The van der Waals surface area contributed by atoms with E-state index >= 15 is 0 Å². The number of carbonyl (C=O) groups is 1. The van der Waals surface area contributed by atoms with Crippen LogP contribution in [-0.2, 0) is 4.74 Å². The van der Waals surface area contributed by atoms with E-state index in [1.807, 2.05) is 24.4 Å². The van der Waals surface area contributed by atoms with Gasteiger partial charge in [0.2, 0.25) is 0 Å². The second-order valence-corrected chi connectivity index (χ2v) is 4.74. The average molecular weight is 225 g/mol. The molecule has 2 heterocycles. The van der Waals surface area contributed by atoms with Crippen molar-refractivity contribution in [1.29, 1.82) is 0 Å². The molecule has 1 aliphatic heterocycles. The molecule has 82 valence electrons. The van der Waals surface area contributed by atoms with E-state index < -0.39 is 0 Å². The molecule has 2 atom stereocenters. The van der Waals surface area contributed by atoms with Crippen LogP contribution in [0.3, 0.4) is 0 Å². The van der Waals surface area contributed by atoms with Crippen LogP contribution < -0.4 is 5.32 Å². The summed E-state index contributed by atoms with van der Waals surface area (Å²) in [7, 11) is 0. The quantitative estimate of drug-likeness (QED) is 0.855. The Labute approximate surface area is 93.4 Å². The van der Waals surface area contributed by atoms with Gasteiger partial charge in [-0.1, -0.05) is 6.07 Å². The number of rotatable bonds is 3. The molecule has 1 aromatic heterocycles. The Balaban J connectivity index is 1.88. The van der Waals surface area contributed by atoms with Crippen molar-refractivity contribution in [2.24, 2.45) is 0 Å². The molecule has 2 rings (SSSR count). The summed E-state index contributed by atoms with van der Waals surface area (Å²) in [6.07, 6.45) is 2.34. The number of hydrogen-bond acceptors (Lipinski definition) is 3. The molecule has 3 nitrogen and oxygen atoms in total. The van der Waals surface area contributed by atoms with Crippen LogP contribution in [0, 0.1) is 0 Å². The highest BCUT2D eigenvalue weighted by Crippen LogP contribution is 2.16. The number of amides is 1. The third-order valence-electron chi connectivity index (χ3n) is 2.63. The van der Waals surface area contributed by atoms with Gasteiger partial charge in [-0.05, 0) is 31.2 Å². The fraction of sp³-hybridized carbons (Fsp3) is 0.545. The molecule has 0 aliphatic carbocycles. The molecule has 1 fully saturated rings. The van der Waals surface area contributed by atoms with E-state index in [0.717, 1.165) is 24.3 Å². The summed E-state index contributed by atoms with van der Waals surface area (Å²) in [6, 6.07) is 3.82. The summed E-state index contributed by atoms with van der Waals surface area (Å²) in [5, 5.41) is 4.88. The van der Waals surface area contributed by atoms with E-state index in [9.17, 15) is 4.79 Å². The standard InChI is InChI=1S/C11H15NO2S/c1-8(9-4-2-6-14-9)12-11(13)10-5-3-7-15-10/h3,5,7-9H,2,4,6H2,1H3,(H,12,13)/t8-,9-/m0/s1. The predicted octanol–water partition coefficient (Wildman–Crippen LogP) is 2.05. The smallest absolute Gasteiger partial charge is 0.261 e. The number of ether oxygens (including phenoxy) is 1. The molecule has 1 amide bonds. The van der Waals surface area contributed by atoms with Gasteiger partial charge < -0.3 is 10.1 Å². The van der Waals surface area contributed by atoms with Gasteiger partial charge >= 0.3 is 0 Å². The van der Waals surface area contributed by atoms with Crippen molar-refractivity contribution < 1.29 is 9.53 Å². The van der Waals surface area contributed by atoms with Crippen LogP contribution in [0.2, 0.25) is 0 Å². The molecule has 1 aromatic rings. The summed E-state index contributed by atoms with van der Waals surface area (Å²) in [5.41, 5.74) is 0. The zero-order valence-electron chi connectivity index (χ0n) is 8.73. The molecule has 1 saturated heterocycles.